The van der Waals surface area contributed by atoms with E-state index >= 15 is 0 Å². The predicted octanol–water partition coefficient (Wildman–Crippen LogP) is 2.31. The highest BCUT2D eigenvalue weighted by Crippen LogP contribution is 2.83. The van der Waals surface area contributed by atoms with Crippen LogP contribution < -0.4 is 5.73 Å². The van der Waals surface area contributed by atoms with E-state index in [2.05, 4.69) is 0 Å². The molecule has 0 aromatic carbocycles. The molecular weight excluding hydrogens is 146 g/mol. The van der Waals surface area contributed by atoms with Crippen LogP contribution in [0.15, 0.2) is 0 Å². The third kappa shape index (κ3) is 0.618. The molecule has 1 heteroatoms. The van der Waals surface area contributed by atoms with E-state index in [1.165, 1.54) is 38.5 Å². The molecule has 3 aliphatic carbocycles. The largest absolute Gasteiger partial charge is 0.330 e. The van der Waals surface area contributed by atoms with Crippen molar-refractivity contribution in [1.82, 2.24) is 0 Å². The normalized spacial score (nSPS) is 56.2. The molecule has 3 rings (SSSR count). The summed E-state index contributed by atoms with van der Waals surface area (Å²) in [6.45, 7) is 0.960. The van der Waals surface area contributed by atoms with Gasteiger partial charge in [0, 0.05) is 0 Å². The van der Waals surface area contributed by atoms with Gasteiger partial charge in [0.2, 0.25) is 0 Å². The van der Waals surface area contributed by atoms with Gasteiger partial charge in [-0.25, -0.2) is 0 Å². The van der Waals surface area contributed by atoms with Crippen LogP contribution in [-0.4, -0.2) is 6.54 Å². The molecule has 3 atom stereocenters. The van der Waals surface area contributed by atoms with Crippen LogP contribution in [0.2, 0.25) is 0 Å². The van der Waals surface area contributed by atoms with Crippen molar-refractivity contribution in [2.24, 2.45) is 22.5 Å². The molecule has 3 unspecified atom stereocenters. The monoisotopic (exact) mass is 165 g/mol. The molecule has 68 valence electrons. The maximum absolute atomic E-state index is 5.87. The lowest BCUT2D eigenvalue weighted by Crippen LogP contribution is -2.35. The van der Waals surface area contributed by atoms with Crippen LogP contribution in [0.25, 0.3) is 0 Å². The highest BCUT2D eigenvalue weighted by Gasteiger charge is 2.75. The van der Waals surface area contributed by atoms with Crippen LogP contribution >= 0.6 is 0 Å². The Morgan fingerprint density at radius 2 is 2.08 bits per heavy atom. The number of rotatable bonds is 1. The summed E-state index contributed by atoms with van der Waals surface area (Å²) in [5.41, 5.74) is 7.50. The van der Waals surface area contributed by atoms with Gasteiger partial charge in [0.1, 0.15) is 0 Å². The van der Waals surface area contributed by atoms with Crippen molar-refractivity contribution in [2.75, 3.05) is 6.54 Å². The highest BCUT2D eigenvalue weighted by atomic mass is 14.8. The van der Waals surface area contributed by atoms with Gasteiger partial charge in [-0.1, -0.05) is 12.8 Å². The van der Waals surface area contributed by atoms with Crippen LogP contribution in [0.5, 0.6) is 0 Å². The van der Waals surface area contributed by atoms with Crippen molar-refractivity contribution in [1.29, 1.82) is 0 Å². The Balaban J connectivity index is 1.87. The minimum atomic E-state index is 0.790. The highest BCUT2D eigenvalue weighted by molar-refractivity contribution is 5.24. The van der Waals surface area contributed by atoms with E-state index in [0.717, 1.165) is 23.3 Å². The molecule has 0 heterocycles. The number of nitrogens with two attached hydrogens (primary N) is 1. The van der Waals surface area contributed by atoms with Crippen molar-refractivity contribution in [3.05, 3.63) is 0 Å². The molecule has 0 aromatic rings. The van der Waals surface area contributed by atoms with Crippen molar-refractivity contribution >= 4 is 0 Å². The molecule has 0 aromatic heterocycles. The van der Waals surface area contributed by atoms with E-state index in [1.807, 2.05) is 0 Å². The average Bonchev–Trinajstić information content (AvgIpc) is 2.50. The molecule has 0 aliphatic heterocycles. The van der Waals surface area contributed by atoms with Crippen molar-refractivity contribution < 1.29 is 0 Å². The maximum Gasteiger partial charge on any atom is -0.00433 e. The summed E-state index contributed by atoms with van der Waals surface area (Å²) < 4.78 is 0. The third-order valence-corrected chi connectivity index (χ3v) is 5.16. The molecule has 1 nitrogen and oxygen atoms in total. The quantitative estimate of drug-likeness (QED) is 0.634. The molecular formula is C11H19N. The van der Waals surface area contributed by atoms with Crippen LogP contribution in [0.3, 0.4) is 0 Å². The molecule has 0 spiro atoms. The van der Waals surface area contributed by atoms with E-state index in [0.29, 0.717) is 0 Å². The van der Waals surface area contributed by atoms with Crippen LogP contribution in [0.4, 0.5) is 0 Å². The fourth-order valence-electron chi connectivity index (χ4n) is 4.25. The summed E-state index contributed by atoms with van der Waals surface area (Å²) >= 11 is 0. The molecule has 0 bridgehead atoms. The van der Waals surface area contributed by atoms with E-state index in [9.17, 15) is 0 Å². The molecule has 2 N–H and O–H groups in total. The predicted molar refractivity (Wildman–Crippen MR) is 49.7 cm³/mol. The molecule has 3 saturated carbocycles. The summed E-state index contributed by atoms with van der Waals surface area (Å²) in [5, 5.41) is 0. The SMILES string of the molecule is NCC1CCCCC23CCC12C3. The standard InChI is InChI=1S/C11H19N/c12-7-9-3-1-2-4-10-5-6-11(9,10)8-10/h9H,1-8,12H2. The number of hydrogen-bond acceptors (Lipinski definition) is 1. The van der Waals surface area contributed by atoms with Gasteiger partial charge in [-0.2, -0.15) is 0 Å². The lowest BCUT2D eigenvalue weighted by atomic mass is 9.66. The zero-order valence-electron chi connectivity index (χ0n) is 7.81. The second-order valence-electron chi connectivity index (χ2n) is 5.29. The van der Waals surface area contributed by atoms with Crippen molar-refractivity contribution in [3.8, 4) is 0 Å². The lowest BCUT2D eigenvalue weighted by Gasteiger charge is -2.39. The number of hydrogen-bond donors (Lipinski definition) is 1. The van der Waals surface area contributed by atoms with Crippen LogP contribution in [0, 0.1) is 16.7 Å². The Bertz CT molecular complexity index is 213. The topological polar surface area (TPSA) is 26.0 Å². The van der Waals surface area contributed by atoms with E-state index in [1.54, 1.807) is 6.42 Å². The molecule has 0 saturated heterocycles. The first-order valence-electron chi connectivity index (χ1n) is 5.53. The molecule has 3 aliphatic rings. The Morgan fingerprint density at radius 1 is 1.17 bits per heavy atom. The van der Waals surface area contributed by atoms with Gasteiger partial charge in [0.05, 0.1) is 0 Å². The van der Waals surface area contributed by atoms with Gasteiger partial charge in [0.15, 0.2) is 0 Å². The van der Waals surface area contributed by atoms with Gasteiger partial charge >= 0.3 is 0 Å². The summed E-state index contributed by atoms with van der Waals surface area (Å²) in [7, 11) is 0. The van der Waals surface area contributed by atoms with Gasteiger partial charge in [-0.3, -0.25) is 0 Å². The van der Waals surface area contributed by atoms with Gasteiger partial charge in [0.25, 0.3) is 0 Å². The molecule has 0 radical (unpaired) electrons. The zero-order valence-corrected chi connectivity index (χ0v) is 7.81. The Hall–Kier alpha value is -0.0400. The van der Waals surface area contributed by atoms with E-state index < -0.39 is 0 Å². The first-order valence-corrected chi connectivity index (χ1v) is 5.53. The average molecular weight is 165 g/mol. The van der Waals surface area contributed by atoms with Crippen molar-refractivity contribution in [3.63, 3.8) is 0 Å². The van der Waals surface area contributed by atoms with E-state index in [-0.39, 0.29) is 0 Å². The molecule has 12 heavy (non-hydrogen) atoms. The lowest BCUT2D eigenvalue weighted by molar-refractivity contribution is 0.110. The minimum absolute atomic E-state index is 0.790. The van der Waals surface area contributed by atoms with Gasteiger partial charge < -0.3 is 5.73 Å². The second-order valence-corrected chi connectivity index (χ2v) is 5.29. The Labute approximate surface area is 74.7 Å². The Kier molecular flexibility index (Phi) is 1.27. The minimum Gasteiger partial charge on any atom is -0.330 e. The van der Waals surface area contributed by atoms with Gasteiger partial charge in [-0.05, 0) is 55.4 Å². The fraction of sp³-hybridized carbons (Fsp3) is 1.00. The molecule has 0 amide bonds. The summed E-state index contributed by atoms with van der Waals surface area (Å²) in [6, 6.07) is 0. The summed E-state index contributed by atoms with van der Waals surface area (Å²) in [5.74, 6) is 0.897. The van der Waals surface area contributed by atoms with Crippen LogP contribution in [0.1, 0.15) is 44.9 Å². The Morgan fingerprint density at radius 3 is 2.75 bits per heavy atom. The van der Waals surface area contributed by atoms with E-state index in [4.69, 9.17) is 5.73 Å². The fourth-order valence-corrected chi connectivity index (χ4v) is 4.25. The maximum atomic E-state index is 5.87. The first kappa shape index (κ1) is 7.37. The summed E-state index contributed by atoms with van der Waals surface area (Å²) in [6.07, 6.45) is 10.5. The smallest absolute Gasteiger partial charge is 0.00433 e. The summed E-state index contributed by atoms with van der Waals surface area (Å²) in [4.78, 5) is 0. The second kappa shape index (κ2) is 2.06. The van der Waals surface area contributed by atoms with Crippen LogP contribution in [-0.2, 0) is 0 Å². The van der Waals surface area contributed by atoms with Gasteiger partial charge in [-0.15, -0.1) is 0 Å². The third-order valence-electron chi connectivity index (χ3n) is 5.16. The van der Waals surface area contributed by atoms with Crippen molar-refractivity contribution in [2.45, 2.75) is 44.9 Å². The first-order chi connectivity index (χ1) is 5.83. The molecule has 3 fully saturated rings. The zero-order chi connectivity index (χ0) is 8.23.